The summed E-state index contributed by atoms with van der Waals surface area (Å²) in [6.07, 6.45) is 3.72. The average Bonchev–Trinajstić information content (AvgIpc) is 3.01. The molecule has 182 valence electrons. The number of nitrogens with zero attached hydrogens (tertiary/aromatic N) is 2. The van der Waals surface area contributed by atoms with Crippen LogP contribution in [-0.4, -0.2) is 9.97 Å². The van der Waals surface area contributed by atoms with Gasteiger partial charge in [-0.3, -0.25) is 9.97 Å². The average molecular weight is 489 g/mol. The maximum Gasteiger partial charge on any atom is 0.0708 e. The lowest BCUT2D eigenvalue weighted by atomic mass is 9.82. The summed E-state index contributed by atoms with van der Waals surface area (Å²) in [7, 11) is 0. The summed E-state index contributed by atoms with van der Waals surface area (Å²) in [5.74, 6) is 0.170. The lowest BCUT2D eigenvalue weighted by molar-refractivity contribution is 0.925. The molecule has 0 N–H and O–H groups in total. The molecule has 0 bridgehead atoms. The Hall–Kier alpha value is -4.82. The van der Waals surface area contributed by atoms with Crippen LogP contribution in [0.25, 0.3) is 44.8 Å². The Labute approximate surface area is 224 Å². The SMILES string of the molecule is CC(c1ccccc1-c1ccccn1)c1ccccc1-c1ccccc1-c1ccccc1-c1ccccn1. The van der Waals surface area contributed by atoms with Crippen molar-refractivity contribution >= 4 is 0 Å². The molecule has 1 atom stereocenters. The van der Waals surface area contributed by atoms with Crippen molar-refractivity contribution in [2.75, 3.05) is 0 Å². The number of hydrogen-bond acceptors (Lipinski definition) is 2. The van der Waals surface area contributed by atoms with E-state index >= 15 is 0 Å². The molecule has 4 aromatic carbocycles. The molecular formula is C36H28N2. The number of aromatic nitrogens is 2. The summed E-state index contributed by atoms with van der Waals surface area (Å²) in [4.78, 5) is 9.31. The largest absolute Gasteiger partial charge is 0.256 e. The normalized spacial score (nSPS) is 11.7. The number of pyridine rings is 2. The Morgan fingerprint density at radius 2 is 0.737 bits per heavy atom. The van der Waals surface area contributed by atoms with E-state index in [4.69, 9.17) is 0 Å². The lowest BCUT2D eigenvalue weighted by Gasteiger charge is -2.22. The molecule has 0 aliphatic rings. The van der Waals surface area contributed by atoms with Crippen LogP contribution in [-0.2, 0) is 0 Å². The minimum atomic E-state index is 0.170. The van der Waals surface area contributed by atoms with Crippen LogP contribution in [0.15, 0.2) is 146 Å². The molecule has 0 radical (unpaired) electrons. The van der Waals surface area contributed by atoms with Crippen LogP contribution in [0.5, 0.6) is 0 Å². The van der Waals surface area contributed by atoms with Gasteiger partial charge in [0, 0.05) is 29.4 Å². The molecule has 2 heterocycles. The molecule has 0 aliphatic heterocycles. The highest BCUT2D eigenvalue weighted by molar-refractivity contribution is 5.91. The minimum Gasteiger partial charge on any atom is -0.256 e. The second-order valence-corrected chi connectivity index (χ2v) is 9.42. The van der Waals surface area contributed by atoms with E-state index in [-0.39, 0.29) is 5.92 Å². The van der Waals surface area contributed by atoms with Crippen molar-refractivity contribution in [3.8, 4) is 44.8 Å². The highest BCUT2D eigenvalue weighted by Gasteiger charge is 2.20. The van der Waals surface area contributed by atoms with E-state index in [0.717, 1.165) is 17.0 Å². The molecule has 0 fully saturated rings. The van der Waals surface area contributed by atoms with Crippen LogP contribution >= 0.6 is 0 Å². The zero-order chi connectivity index (χ0) is 25.7. The Bertz CT molecular complexity index is 1670. The highest BCUT2D eigenvalue weighted by atomic mass is 14.7. The molecule has 0 saturated carbocycles. The summed E-state index contributed by atoms with van der Waals surface area (Å²) < 4.78 is 0. The van der Waals surface area contributed by atoms with E-state index in [1.54, 1.807) is 0 Å². The van der Waals surface area contributed by atoms with E-state index in [0.29, 0.717) is 0 Å². The first-order valence-corrected chi connectivity index (χ1v) is 13.0. The third-order valence-electron chi connectivity index (χ3n) is 7.17. The van der Waals surface area contributed by atoms with Crippen molar-refractivity contribution in [1.82, 2.24) is 9.97 Å². The second-order valence-electron chi connectivity index (χ2n) is 9.42. The van der Waals surface area contributed by atoms with Gasteiger partial charge >= 0.3 is 0 Å². The molecular weight excluding hydrogens is 460 g/mol. The predicted molar refractivity (Wildman–Crippen MR) is 158 cm³/mol. The summed E-state index contributed by atoms with van der Waals surface area (Å²) in [6.45, 7) is 2.30. The van der Waals surface area contributed by atoms with Crippen molar-refractivity contribution in [2.24, 2.45) is 0 Å². The van der Waals surface area contributed by atoms with Crippen LogP contribution in [0.4, 0.5) is 0 Å². The van der Waals surface area contributed by atoms with Gasteiger partial charge < -0.3 is 0 Å². The summed E-state index contributed by atoms with van der Waals surface area (Å²) in [6, 6.07) is 46.8. The molecule has 2 aromatic heterocycles. The van der Waals surface area contributed by atoms with Gasteiger partial charge in [0.2, 0.25) is 0 Å². The van der Waals surface area contributed by atoms with Crippen molar-refractivity contribution in [1.29, 1.82) is 0 Å². The Morgan fingerprint density at radius 1 is 0.368 bits per heavy atom. The van der Waals surface area contributed by atoms with Crippen LogP contribution in [0, 0.1) is 0 Å². The highest BCUT2D eigenvalue weighted by Crippen LogP contribution is 2.42. The van der Waals surface area contributed by atoms with Gasteiger partial charge in [-0.25, -0.2) is 0 Å². The van der Waals surface area contributed by atoms with Gasteiger partial charge in [-0.1, -0.05) is 116 Å². The molecule has 1 unspecified atom stereocenters. The van der Waals surface area contributed by atoms with Crippen LogP contribution < -0.4 is 0 Å². The monoisotopic (exact) mass is 488 g/mol. The van der Waals surface area contributed by atoms with E-state index < -0.39 is 0 Å². The van der Waals surface area contributed by atoms with Crippen LogP contribution in [0.3, 0.4) is 0 Å². The van der Waals surface area contributed by atoms with E-state index in [2.05, 4.69) is 126 Å². The Kier molecular flexibility index (Phi) is 6.61. The first kappa shape index (κ1) is 23.6. The predicted octanol–water partition coefficient (Wildman–Crippen LogP) is 9.30. The van der Waals surface area contributed by atoms with Gasteiger partial charge in [-0.2, -0.15) is 0 Å². The van der Waals surface area contributed by atoms with Crippen molar-refractivity contribution in [3.63, 3.8) is 0 Å². The van der Waals surface area contributed by atoms with Gasteiger partial charge in [-0.15, -0.1) is 0 Å². The fraction of sp³-hybridized carbons (Fsp3) is 0.0556. The standard InChI is InChI=1S/C36H28N2/c1-26(28-15-3-8-20-33(28)35-22-10-12-24-37-35)27-14-2-4-16-29(27)30-17-5-6-18-31(30)32-19-7-9-21-34(32)36-23-11-13-25-38-36/h2-26H,1H3. The second kappa shape index (κ2) is 10.7. The maximum atomic E-state index is 4.66. The van der Waals surface area contributed by atoms with Crippen molar-refractivity contribution < 1.29 is 0 Å². The molecule has 2 nitrogen and oxygen atoms in total. The Balaban J connectivity index is 1.50. The fourth-order valence-electron chi connectivity index (χ4n) is 5.33. The molecule has 6 aromatic rings. The molecule has 2 heteroatoms. The number of hydrogen-bond donors (Lipinski definition) is 0. The lowest BCUT2D eigenvalue weighted by Crippen LogP contribution is -2.02. The van der Waals surface area contributed by atoms with Crippen molar-refractivity contribution in [3.05, 3.63) is 157 Å². The van der Waals surface area contributed by atoms with Crippen LogP contribution in [0.2, 0.25) is 0 Å². The summed E-state index contributed by atoms with van der Waals surface area (Å²) >= 11 is 0. The molecule has 6 rings (SSSR count). The topological polar surface area (TPSA) is 25.8 Å². The number of benzene rings is 4. The third kappa shape index (κ3) is 4.53. The van der Waals surface area contributed by atoms with Gasteiger partial charge in [0.1, 0.15) is 0 Å². The minimum absolute atomic E-state index is 0.170. The van der Waals surface area contributed by atoms with Crippen LogP contribution in [0.1, 0.15) is 24.0 Å². The summed E-state index contributed by atoms with van der Waals surface area (Å²) in [5.41, 5.74) is 11.7. The van der Waals surface area contributed by atoms with E-state index in [1.807, 2.05) is 36.7 Å². The number of rotatable bonds is 6. The maximum absolute atomic E-state index is 4.66. The first-order chi connectivity index (χ1) is 18.8. The third-order valence-corrected chi connectivity index (χ3v) is 7.17. The van der Waals surface area contributed by atoms with E-state index in [1.165, 1.54) is 38.9 Å². The van der Waals surface area contributed by atoms with Gasteiger partial charge in [0.25, 0.3) is 0 Å². The molecule has 0 saturated heterocycles. The smallest absolute Gasteiger partial charge is 0.0708 e. The molecule has 0 amide bonds. The molecule has 0 spiro atoms. The first-order valence-electron chi connectivity index (χ1n) is 13.0. The van der Waals surface area contributed by atoms with E-state index in [9.17, 15) is 0 Å². The van der Waals surface area contributed by atoms with Gasteiger partial charge in [-0.05, 0) is 57.6 Å². The fourth-order valence-corrected chi connectivity index (χ4v) is 5.33. The molecule has 38 heavy (non-hydrogen) atoms. The van der Waals surface area contributed by atoms with Gasteiger partial charge in [0.05, 0.1) is 11.4 Å². The Morgan fingerprint density at radius 3 is 1.29 bits per heavy atom. The van der Waals surface area contributed by atoms with Gasteiger partial charge in [0.15, 0.2) is 0 Å². The quantitative estimate of drug-likeness (QED) is 0.233. The van der Waals surface area contributed by atoms with Crippen molar-refractivity contribution in [2.45, 2.75) is 12.8 Å². The molecule has 0 aliphatic carbocycles. The summed E-state index contributed by atoms with van der Waals surface area (Å²) in [5, 5.41) is 0. The zero-order valence-electron chi connectivity index (χ0n) is 21.3. The zero-order valence-corrected chi connectivity index (χ0v) is 21.3.